The highest BCUT2D eigenvalue weighted by Crippen LogP contribution is 2.41. The summed E-state index contributed by atoms with van der Waals surface area (Å²) in [5.41, 5.74) is 1.25. The number of nitrogens with zero attached hydrogens (tertiary/aromatic N) is 1. The highest BCUT2D eigenvalue weighted by molar-refractivity contribution is 5.89. The Kier molecular flexibility index (Phi) is 5.97. The molecular formula is C21H31N3O2. The van der Waals surface area contributed by atoms with Crippen molar-refractivity contribution in [3.05, 3.63) is 35.9 Å². The Hall–Kier alpha value is -1.88. The smallest absolute Gasteiger partial charge is 0.237 e. The molecule has 1 heterocycles. The lowest BCUT2D eigenvalue weighted by Gasteiger charge is -2.35. The van der Waals surface area contributed by atoms with Gasteiger partial charge in [-0.1, -0.05) is 44.2 Å². The average molecular weight is 357 g/mol. The molecule has 2 fully saturated rings. The van der Waals surface area contributed by atoms with Gasteiger partial charge >= 0.3 is 0 Å². The third-order valence-electron chi connectivity index (χ3n) is 5.41. The zero-order valence-electron chi connectivity index (χ0n) is 16.0. The van der Waals surface area contributed by atoms with Crippen molar-refractivity contribution in [2.45, 2.75) is 57.5 Å². The highest BCUT2D eigenvalue weighted by Gasteiger charge is 2.44. The fraction of sp³-hybridized carbons (Fsp3) is 0.619. The number of carbonyl (C=O) groups is 2. The number of carbonyl (C=O) groups excluding carboxylic acids is 2. The Morgan fingerprint density at radius 3 is 2.69 bits per heavy atom. The van der Waals surface area contributed by atoms with E-state index in [2.05, 4.69) is 41.5 Å². The van der Waals surface area contributed by atoms with E-state index in [9.17, 15) is 9.59 Å². The molecule has 0 unspecified atom stereocenters. The molecule has 1 aromatic carbocycles. The van der Waals surface area contributed by atoms with E-state index in [4.69, 9.17) is 0 Å². The Bertz CT molecular complexity index is 625. The molecule has 1 saturated heterocycles. The van der Waals surface area contributed by atoms with Crippen molar-refractivity contribution < 1.29 is 9.59 Å². The monoisotopic (exact) mass is 357 g/mol. The highest BCUT2D eigenvalue weighted by atomic mass is 16.2. The second kappa shape index (κ2) is 8.21. The van der Waals surface area contributed by atoms with Gasteiger partial charge in [-0.25, -0.2) is 0 Å². The predicted molar refractivity (Wildman–Crippen MR) is 103 cm³/mol. The fourth-order valence-electron chi connectivity index (χ4n) is 4.00. The molecule has 1 saturated carbocycles. The van der Waals surface area contributed by atoms with E-state index in [1.54, 1.807) is 0 Å². The normalized spacial score (nSPS) is 22.1. The molecule has 1 atom stereocenters. The van der Waals surface area contributed by atoms with E-state index in [0.717, 1.165) is 38.8 Å². The van der Waals surface area contributed by atoms with Gasteiger partial charge in [0.2, 0.25) is 11.8 Å². The summed E-state index contributed by atoms with van der Waals surface area (Å²) in [5.74, 6) is 0.557. The van der Waals surface area contributed by atoms with Crippen molar-refractivity contribution in [2.75, 3.05) is 19.6 Å². The largest absolute Gasteiger partial charge is 0.353 e. The van der Waals surface area contributed by atoms with Crippen molar-refractivity contribution >= 4 is 11.8 Å². The molecule has 0 radical (unpaired) electrons. The van der Waals surface area contributed by atoms with Crippen molar-refractivity contribution in [1.82, 2.24) is 15.5 Å². The molecule has 0 spiro atoms. The predicted octanol–water partition coefficient (Wildman–Crippen LogP) is 2.11. The van der Waals surface area contributed by atoms with Crippen LogP contribution in [0.2, 0.25) is 0 Å². The quantitative estimate of drug-likeness (QED) is 0.749. The van der Waals surface area contributed by atoms with Crippen LogP contribution in [0, 0.1) is 5.92 Å². The van der Waals surface area contributed by atoms with Gasteiger partial charge in [0.1, 0.15) is 0 Å². The molecule has 5 heteroatoms. The second-order valence-electron chi connectivity index (χ2n) is 8.21. The first-order valence-corrected chi connectivity index (χ1v) is 9.84. The van der Waals surface area contributed by atoms with Gasteiger partial charge in [-0.3, -0.25) is 14.5 Å². The SMILES string of the molecule is CC(C)CC1(NC(=O)C[C@@H]2C(=O)NCCN2CCc2ccccc2)CC1. The van der Waals surface area contributed by atoms with Gasteiger partial charge in [0.15, 0.2) is 0 Å². The molecular weight excluding hydrogens is 326 g/mol. The summed E-state index contributed by atoms with van der Waals surface area (Å²) in [6.07, 6.45) is 4.29. The number of hydrogen-bond acceptors (Lipinski definition) is 3. The molecule has 142 valence electrons. The Morgan fingerprint density at radius 2 is 2.04 bits per heavy atom. The van der Waals surface area contributed by atoms with E-state index in [1.165, 1.54) is 5.56 Å². The lowest BCUT2D eigenvalue weighted by atomic mass is 10.0. The molecule has 2 amide bonds. The summed E-state index contributed by atoms with van der Waals surface area (Å²) in [4.78, 5) is 27.1. The first-order chi connectivity index (χ1) is 12.5. The van der Waals surface area contributed by atoms with Gasteiger partial charge in [0, 0.05) is 25.2 Å². The van der Waals surface area contributed by atoms with Crippen molar-refractivity contribution in [2.24, 2.45) is 5.92 Å². The van der Waals surface area contributed by atoms with Gasteiger partial charge in [0.25, 0.3) is 0 Å². The zero-order chi connectivity index (χ0) is 18.6. The Balaban J connectivity index is 1.56. The van der Waals surface area contributed by atoms with Crippen molar-refractivity contribution in [1.29, 1.82) is 0 Å². The third kappa shape index (κ3) is 5.07. The molecule has 26 heavy (non-hydrogen) atoms. The molecule has 0 aromatic heterocycles. The molecule has 5 nitrogen and oxygen atoms in total. The van der Waals surface area contributed by atoms with Crippen LogP contribution in [-0.4, -0.2) is 47.9 Å². The van der Waals surface area contributed by atoms with E-state index in [-0.39, 0.29) is 29.8 Å². The molecule has 3 rings (SSSR count). The van der Waals surface area contributed by atoms with Gasteiger partial charge in [0.05, 0.1) is 12.5 Å². The van der Waals surface area contributed by atoms with Crippen molar-refractivity contribution in [3.8, 4) is 0 Å². The van der Waals surface area contributed by atoms with Crippen LogP contribution in [0.4, 0.5) is 0 Å². The lowest BCUT2D eigenvalue weighted by molar-refractivity contribution is -0.134. The Labute approximate surface area is 156 Å². The van der Waals surface area contributed by atoms with Gasteiger partial charge in [-0.2, -0.15) is 0 Å². The molecule has 2 aliphatic rings. The van der Waals surface area contributed by atoms with Crippen LogP contribution in [0.15, 0.2) is 30.3 Å². The van der Waals surface area contributed by atoms with Gasteiger partial charge < -0.3 is 10.6 Å². The van der Waals surface area contributed by atoms with Crippen LogP contribution in [0.3, 0.4) is 0 Å². The summed E-state index contributed by atoms with van der Waals surface area (Å²) >= 11 is 0. The minimum atomic E-state index is -0.359. The maximum absolute atomic E-state index is 12.6. The molecule has 1 aliphatic heterocycles. The van der Waals surface area contributed by atoms with Crippen LogP contribution in [0.25, 0.3) is 0 Å². The summed E-state index contributed by atoms with van der Waals surface area (Å²) in [5, 5.41) is 6.13. The molecule has 0 bridgehead atoms. The van der Waals surface area contributed by atoms with Crippen LogP contribution < -0.4 is 10.6 Å². The number of benzene rings is 1. The van der Waals surface area contributed by atoms with E-state index in [0.29, 0.717) is 12.5 Å². The van der Waals surface area contributed by atoms with Gasteiger partial charge in [-0.05, 0) is 37.2 Å². The minimum absolute atomic E-state index is 0.00867. The van der Waals surface area contributed by atoms with Crippen LogP contribution in [0.5, 0.6) is 0 Å². The maximum Gasteiger partial charge on any atom is 0.237 e. The first-order valence-electron chi connectivity index (χ1n) is 9.84. The van der Waals surface area contributed by atoms with Gasteiger partial charge in [-0.15, -0.1) is 0 Å². The van der Waals surface area contributed by atoms with Crippen molar-refractivity contribution in [3.63, 3.8) is 0 Å². The van der Waals surface area contributed by atoms with Crippen LogP contribution >= 0.6 is 0 Å². The summed E-state index contributed by atoms with van der Waals surface area (Å²) in [7, 11) is 0. The standard InChI is InChI=1S/C21H31N3O2/c1-16(2)15-21(9-10-21)23-19(25)14-18-20(26)22-11-13-24(18)12-8-17-6-4-3-5-7-17/h3-7,16,18H,8-15H2,1-2H3,(H,22,26)(H,23,25)/t18-/m1/s1. The number of amides is 2. The molecule has 1 aliphatic carbocycles. The Morgan fingerprint density at radius 1 is 1.31 bits per heavy atom. The molecule has 2 N–H and O–H groups in total. The summed E-state index contributed by atoms with van der Waals surface area (Å²) < 4.78 is 0. The lowest BCUT2D eigenvalue weighted by Crippen LogP contribution is -2.57. The fourth-order valence-corrected chi connectivity index (χ4v) is 4.00. The summed E-state index contributed by atoms with van der Waals surface area (Å²) in [6.45, 7) is 6.63. The van der Waals surface area contributed by atoms with E-state index in [1.807, 2.05) is 18.2 Å². The average Bonchev–Trinajstić information content (AvgIpc) is 3.34. The number of hydrogen-bond donors (Lipinski definition) is 2. The number of piperazine rings is 1. The zero-order valence-corrected chi connectivity index (χ0v) is 16.0. The minimum Gasteiger partial charge on any atom is -0.353 e. The third-order valence-corrected chi connectivity index (χ3v) is 5.41. The van der Waals surface area contributed by atoms with E-state index < -0.39 is 0 Å². The molecule has 1 aromatic rings. The second-order valence-corrected chi connectivity index (χ2v) is 8.21. The topological polar surface area (TPSA) is 61.4 Å². The van der Waals surface area contributed by atoms with Crippen LogP contribution in [0.1, 0.15) is 45.1 Å². The number of nitrogens with one attached hydrogen (secondary N) is 2. The number of rotatable bonds is 8. The summed E-state index contributed by atoms with van der Waals surface area (Å²) in [6, 6.07) is 9.93. The first kappa shape index (κ1) is 18.9. The van der Waals surface area contributed by atoms with Crippen LogP contribution in [-0.2, 0) is 16.0 Å². The van der Waals surface area contributed by atoms with E-state index >= 15 is 0 Å². The maximum atomic E-state index is 12.6.